The van der Waals surface area contributed by atoms with Crippen LogP contribution in [0, 0.1) is 0 Å². The van der Waals surface area contributed by atoms with Crippen LogP contribution in [0.1, 0.15) is 31.8 Å². The summed E-state index contributed by atoms with van der Waals surface area (Å²) >= 11 is 6.17. The summed E-state index contributed by atoms with van der Waals surface area (Å²) in [4.78, 5) is 23.2. The Labute approximate surface area is 196 Å². The Kier molecular flexibility index (Phi) is 7.47. The number of hydrazone groups is 1. The average Bonchev–Trinajstić information content (AvgIpc) is 2.78. The van der Waals surface area contributed by atoms with E-state index in [9.17, 15) is 18.0 Å². The second-order valence-electron chi connectivity index (χ2n) is 7.03. The molecule has 1 amide bonds. The summed E-state index contributed by atoms with van der Waals surface area (Å²) in [6.07, 6.45) is 2.48. The van der Waals surface area contributed by atoms with E-state index in [1.54, 1.807) is 36.4 Å². The van der Waals surface area contributed by atoms with E-state index in [2.05, 4.69) is 10.5 Å². The molecule has 0 fully saturated rings. The van der Waals surface area contributed by atoms with E-state index in [1.807, 2.05) is 0 Å². The topological polar surface area (TPSA) is 116 Å². The zero-order chi connectivity index (χ0) is 24.0. The van der Waals surface area contributed by atoms with Gasteiger partial charge in [0.1, 0.15) is 0 Å². The van der Waals surface area contributed by atoms with Crippen LogP contribution < -0.4 is 9.73 Å². The van der Waals surface area contributed by atoms with Crippen LogP contribution in [0.2, 0.25) is 5.02 Å². The van der Waals surface area contributed by atoms with E-state index in [0.29, 0.717) is 21.8 Å². The van der Waals surface area contributed by atoms with Crippen LogP contribution in [0.4, 0.5) is 5.69 Å². The van der Waals surface area contributed by atoms with Crippen molar-refractivity contribution in [2.24, 2.45) is 5.10 Å². The van der Waals surface area contributed by atoms with Crippen molar-refractivity contribution in [1.29, 1.82) is 0 Å². The summed E-state index contributed by atoms with van der Waals surface area (Å²) in [5, 5.41) is 13.2. The standard InChI is InChI=1S/C23H20ClN3O5S/c1-33(31,32)27(15-19-4-2-3-5-21(19)24)20-12-10-17(11-13-20)22(28)26-25-14-16-6-8-18(9-7-16)23(29)30/h2-14H,15H2,1H3,(H,26,28)(H,29,30)/b25-14-. The highest BCUT2D eigenvalue weighted by Gasteiger charge is 2.19. The first-order valence-electron chi connectivity index (χ1n) is 9.63. The molecule has 0 aromatic heterocycles. The number of nitrogens with zero attached hydrogens (tertiary/aromatic N) is 2. The van der Waals surface area contributed by atoms with Crippen molar-refractivity contribution in [3.05, 3.63) is 100 Å². The molecule has 0 radical (unpaired) electrons. The molecule has 0 spiro atoms. The van der Waals surface area contributed by atoms with Gasteiger partial charge in [0.15, 0.2) is 0 Å². The Morgan fingerprint density at radius 1 is 1.00 bits per heavy atom. The van der Waals surface area contributed by atoms with E-state index < -0.39 is 21.9 Å². The normalized spacial score (nSPS) is 11.3. The Balaban J connectivity index is 1.70. The number of halogens is 1. The molecule has 0 aliphatic carbocycles. The molecule has 10 heteroatoms. The third-order valence-electron chi connectivity index (χ3n) is 4.63. The van der Waals surface area contributed by atoms with Gasteiger partial charge in [0, 0.05) is 10.6 Å². The molecule has 3 rings (SSSR count). The largest absolute Gasteiger partial charge is 0.478 e. The Morgan fingerprint density at radius 3 is 2.18 bits per heavy atom. The number of carboxylic acid groups (broad SMARTS) is 1. The van der Waals surface area contributed by atoms with E-state index in [4.69, 9.17) is 16.7 Å². The highest BCUT2D eigenvalue weighted by atomic mass is 35.5. The molecule has 3 aromatic rings. The van der Waals surface area contributed by atoms with Crippen LogP contribution in [0.3, 0.4) is 0 Å². The molecule has 0 saturated carbocycles. The molecular formula is C23H20ClN3O5S. The van der Waals surface area contributed by atoms with Gasteiger partial charge in [0.25, 0.3) is 5.91 Å². The van der Waals surface area contributed by atoms with Gasteiger partial charge in [-0.25, -0.2) is 18.6 Å². The predicted octanol–water partition coefficient (Wildman–Crippen LogP) is 3.77. The van der Waals surface area contributed by atoms with Gasteiger partial charge in [0.05, 0.1) is 30.3 Å². The SMILES string of the molecule is CS(=O)(=O)N(Cc1ccccc1Cl)c1ccc(C(=O)N/N=C\c2ccc(C(=O)O)cc2)cc1. The molecule has 0 atom stereocenters. The minimum Gasteiger partial charge on any atom is -0.478 e. The second kappa shape index (κ2) is 10.3. The lowest BCUT2D eigenvalue weighted by Gasteiger charge is -2.23. The average molecular weight is 486 g/mol. The van der Waals surface area contributed by atoms with Crippen molar-refractivity contribution >= 4 is 45.4 Å². The molecular weight excluding hydrogens is 466 g/mol. The van der Waals surface area contributed by atoms with Gasteiger partial charge in [-0.15, -0.1) is 0 Å². The summed E-state index contributed by atoms with van der Waals surface area (Å²) in [7, 11) is -3.61. The number of benzene rings is 3. The number of anilines is 1. The second-order valence-corrected chi connectivity index (χ2v) is 9.35. The molecule has 170 valence electrons. The van der Waals surface area contributed by atoms with Crippen molar-refractivity contribution in [3.8, 4) is 0 Å². The molecule has 0 bridgehead atoms. The van der Waals surface area contributed by atoms with Crippen LogP contribution in [0.25, 0.3) is 0 Å². The van der Waals surface area contributed by atoms with E-state index in [1.165, 1.54) is 46.9 Å². The molecule has 0 aliphatic rings. The number of amides is 1. The number of carbonyl (C=O) groups is 2. The lowest BCUT2D eigenvalue weighted by Crippen LogP contribution is -2.29. The zero-order valence-corrected chi connectivity index (χ0v) is 19.0. The lowest BCUT2D eigenvalue weighted by atomic mass is 10.1. The van der Waals surface area contributed by atoms with Gasteiger partial charge in [-0.2, -0.15) is 5.10 Å². The highest BCUT2D eigenvalue weighted by Crippen LogP contribution is 2.24. The van der Waals surface area contributed by atoms with Crippen LogP contribution >= 0.6 is 11.6 Å². The van der Waals surface area contributed by atoms with Crippen LogP contribution in [0.5, 0.6) is 0 Å². The van der Waals surface area contributed by atoms with Gasteiger partial charge in [0.2, 0.25) is 10.0 Å². The van der Waals surface area contributed by atoms with Crippen molar-refractivity contribution < 1.29 is 23.1 Å². The predicted molar refractivity (Wildman–Crippen MR) is 127 cm³/mol. The van der Waals surface area contributed by atoms with E-state index in [-0.39, 0.29) is 17.7 Å². The smallest absolute Gasteiger partial charge is 0.335 e. The van der Waals surface area contributed by atoms with Crippen LogP contribution in [-0.2, 0) is 16.6 Å². The number of aromatic carboxylic acids is 1. The summed E-state index contributed by atoms with van der Waals surface area (Å²) in [5.74, 6) is -1.52. The van der Waals surface area contributed by atoms with Crippen LogP contribution in [-0.4, -0.2) is 37.9 Å². The van der Waals surface area contributed by atoms with Gasteiger partial charge in [-0.3, -0.25) is 9.10 Å². The number of sulfonamides is 1. The first kappa shape index (κ1) is 24.0. The maximum absolute atomic E-state index is 12.4. The number of hydrogen-bond donors (Lipinski definition) is 2. The van der Waals surface area contributed by atoms with Crippen LogP contribution in [0.15, 0.2) is 77.9 Å². The summed E-state index contributed by atoms with van der Waals surface area (Å²) < 4.78 is 25.9. The third-order valence-corrected chi connectivity index (χ3v) is 6.14. The molecule has 33 heavy (non-hydrogen) atoms. The van der Waals surface area contributed by atoms with Crippen molar-refractivity contribution in [1.82, 2.24) is 5.43 Å². The lowest BCUT2D eigenvalue weighted by molar-refractivity contribution is 0.0696. The minimum atomic E-state index is -3.61. The van der Waals surface area contributed by atoms with E-state index in [0.717, 1.165) is 6.26 Å². The fraction of sp³-hybridized carbons (Fsp3) is 0.0870. The molecule has 2 N–H and O–H groups in total. The zero-order valence-electron chi connectivity index (χ0n) is 17.5. The maximum Gasteiger partial charge on any atom is 0.335 e. The molecule has 0 saturated heterocycles. The number of rotatable bonds is 8. The number of hydrogen-bond acceptors (Lipinski definition) is 5. The molecule has 0 heterocycles. The molecule has 3 aromatic carbocycles. The van der Waals surface area contributed by atoms with Crippen molar-refractivity contribution in [2.75, 3.05) is 10.6 Å². The Bertz CT molecular complexity index is 1290. The first-order chi connectivity index (χ1) is 15.6. The maximum atomic E-state index is 12.4. The first-order valence-corrected chi connectivity index (χ1v) is 11.9. The summed E-state index contributed by atoms with van der Waals surface area (Å²) in [6.45, 7) is 0.0506. The highest BCUT2D eigenvalue weighted by molar-refractivity contribution is 7.92. The fourth-order valence-electron chi connectivity index (χ4n) is 2.90. The Morgan fingerprint density at radius 2 is 1.61 bits per heavy atom. The summed E-state index contributed by atoms with van der Waals surface area (Å²) in [6, 6.07) is 19.0. The van der Waals surface area contributed by atoms with Crippen molar-refractivity contribution in [3.63, 3.8) is 0 Å². The minimum absolute atomic E-state index is 0.0506. The third kappa shape index (κ3) is 6.41. The Hall–Kier alpha value is -3.69. The van der Waals surface area contributed by atoms with Gasteiger partial charge in [-0.05, 0) is 53.6 Å². The molecule has 0 unspecified atom stereocenters. The van der Waals surface area contributed by atoms with Crippen molar-refractivity contribution in [2.45, 2.75) is 6.54 Å². The number of carbonyl (C=O) groups excluding carboxylic acids is 1. The number of carboxylic acids is 1. The molecule has 0 aliphatic heterocycles. The quantitative estimate of drug-likeness (QED) is 0.372. The van der Waals surface area contributed by atoms with Gasteiger partial charge < -0.3 is 5.11 Å². The monoisotopic (exact) mass is 485 g/mol. The molecule has 8 nitrogen and oxygen atoms in total. The number of nitrogens with one attached hydrogen (secondary N) is 1. The fourth-order valence-corrected chi connectivity index (χ4v) is 3.98. The van der Waals surface area contributed by atoms with Gasteiger partial charge >= 0.3 is 5.97 Å². The summed E-state index contributed by atoms with van der Waals surface area (Å²) in [5.41, 5.74) is 4.45. The van der Waals surface area contributed by atoms with E-state index >= 15 is 0 Å². The van der Waals surface area contributed by atoms with Gasteiger partial charge in [-0.1, -0.05) is 41.9 Å².